The molecule has 0 atom stereocenters. The zero-order valence-corrected chi connectivity index (χ0v) is 10.6. The summed E-state index contributed by atoms with van der Waals surface area (Å²) in [5, 5.41) is 0. The van der Waals surface area contributed by atoms with E-state index in [4.69, 9.17) is 0 Å². The van der Waals surface area contributed by atoms with Gasteiger partial charge in [-0.2, -0.15) is 12.6 Å². The second-order valence-corrected chi connectivity index (χ2v) is 4.41. The summed E-state index contributed by atoms with van der Waals surface area (Å²) in [5.41, 5.74) is 3.81. The van der Waals surface area contributed by atoms with Crippen molar-refractivity contribution in [2.24, 2.45) is 0 Å². The monoisotopic (exact) mass is 240 g/mol. The summed E-state index contributed by atoms with van der Waals surface area (Å²) in [6.07, 6.45) is 5.30. The Balaban J connectivity index is 2.06. The van der Waals surface area contributed by atoms with Gasteiger partial charge in [0.2, 0.25) is 0 Å². The molecule has 0 saturated heterocycles. The first-order valence-corrected chi connectivity index (χ1v) is 6.44. The highest BCUT2D eigenvalue weighted by Gasteiger charge is 1.91. The van der Waals surface area contributed by atoms with Crippen molar-refractivity contribution >= 4 is 24.8 Å². The van der Waals surface area contributed by atoms with Crippen LogP contribution in [0.15, 0.2) is 54.6 Å². The molecule has 2 rings (SSSR count). The van der Waals surface area contributed by atoms with Crippen molar-refractivity contribution < 1.29 is 0 Å². The van der Waals surface area contributed by atoms with Crippen molar-refractivity contribution in [1.82, 2.24) is 0 Å². The highest BCUT2D eigenvalue weighted by atomic mass is 32.1. The molecule has 0 aliphatic carbocycles. The molecular weight excluding hydrogens is 224 g/mol. The molecule has 0 N–H and O–H groups in total. The number of rotatable bonds is 4. The van der Waals surface area contributed by atoms with Gasteiger partial charge in [0.1, 0.15) is 0 Å². The number of hydrogen-bond donors (Lipinski definition) is 1. The summed E-state index contributed by atoms with van der Waals surface area (Å²) < 4.78 is 0. The first-order chi connectivity index (χ1) is 8.38. The number of aryl methyl sites for hydroxylation is 1. The van der Waals surface area contributed by atoms with E-state index in [2.05, 4.69) is 73.3 Å². The van der Waals surface area contributed by atoms with Crippen LogP contribution >= 0.6 is 12.6 Å². The lowest BCUT2D eigenvalue weighted by Gasteiger charge is -1.99. The quantitative estimate of drug-likeness (QED) is 0.597. The minimum Gasteiger partial charge on any atom is -0.179 e. The van der Waals surface area contributed by atoms with Gasteiger partial charge in [0.15, 0.2) is 0 Å². The highest BCUT2D eigenvalue weighted by Crippen LogP contribution is 2.10. The van der Waals surface area contributed by atoms with Crippen molar-refractivity contribution in [3.63, 3.8) is 0 Å². The maximum absolute atomic E-state index is 4.23. The summed E-state index contributed by atoms with van der Waals surface area (Å²) in [5.74, 6) is 0.902. The van der Waals surface area contributed by atoms with E-state index in [9.17, 15) is 0 Å². The van der Waals surface area contributed by atoms with Crippen molar-refractivity contribution in [1.29, 1.82) is 0 Å². The molecule has 0 heterocycles. The topological polar surface area (TPSA) is 0 Å². The lowest BCUT2D eigenvalue weighted by Crippen LogP contribution is -1.85. The minimum absolute atomic E-state index is 0.902. The van der Waals surface area contributed by atoms with Gasteiger partial charge >= 0.3 is 0 Å². The van der Waals surface area contributed by atoms with Crippen LogP contribution in [-0.2, 0) is 6.42 Å². The predicted molar refractivity (Wildman–Crippen MR) is 79.4 cm³/mol. The van der Waals surface area contributed by atoms with Crippen LogP contribution in [0, 0.1) is 0 Å². The Bertz CT molecular complexity index is 469. The van der Waals surface area contributed by atoms with Crippen LogP contribution in [0.4, 0.5) is 0 Å². The fourth-order valence-corrected chi connectivity index (χ4v) is 1.94. The average molecular weight is 240 g/mol. The van der Waals surface area contributed by atoms with Crippen molar-refractivity contribution in [3.05, 3.63) is 71.3 Å². The smallest absolute Gasteiger partial charge is 0.00574 e. The predicted octanol–water partition coefficient (Wildman–Crippen LogP) is 4.33. The fourth-order valence-electron chi connectivity index (χ4n) is 1.68. The van der Waals surface area contributed by atoms with Gasteiger partial charge in [0, 0.05) is 0 Å². The molecule has 0 unspecified atom stereocenters. The lowest BCUT2D eigenvalue weighted by molar-refractivity contribution is 1.16. The standard InChI is InChI=1S/C16H16S/c17-13-12-16-10-8-15(9-11-16)7-6-14-4-2-1-3-5-14/h1-11,17H,12-13H2/b7-6+. The summed E-state index contributed by atoms with van der Waals surface area (Å²) >= 11 is 4.23. The summed E-state index contributed by atoms with van der Waals surface area (Å²) in [6, 6.07) is 19.0. The molecule has 0 bridgehead atoms. The summed E-state index contributed by atoms with van der Waals surface area (Å²) in [6.45, 7) is 0. The van der Waals surface area contributed by atoms with Gasteiger partial charge < -0.3 is 0 Å². The third kappa shape index (κ3) is 3.79. The Morgan fingerprint density at radius 1 is 0.765 bits per heavy atom. The Kier molecular flexibility index (Phi) is 4.45. The Hall–Kier alpha value is -1.47. The van der Waals surface area contributed by atoms with Crippen molar-refractivity contribution in [3.8, 4) is 0 Å². The van der Waals surface area contributed by atoms with Crippen LogP contribution < -0.4 is 0 Å². The molecule has 0 nitrogen and oxygen atoms in total. The van der Waals surface area contributed by atoms with E-state index in [1.165, 1.54) is 16.7 Å². The molecule has 2 aromatic rings. The molecule has 2 aromatic carbocycles. The third-order valence-electron chi connectivity index (χ3n) is 2.65. The largest absolute Gasteiger partial charge is 0.179 e. The van der Waals surface area contributed by atoms with Crippen LogP contribution in [0.1, 0.15) is 16.7 Å². The summed E-state index contributed by atoms with van der Waals surface area (Å²) in [7, 11) is 0. The minimum atomic E-state index is 0.902. The van der Waals surface area contributed by atoms with E-state index >= 15 is 0 Å². The molecule has 0 radical (unpaired) electrons. The molecule has 0 aromatic heterocycles. The molecule has 17 heavy (non-hydrogen) atoms. The van der Waals surface area contributed by atoms with Crippen molar-refractivity contribution in [2.45, 2.75) is 6.42 Å². The average Bonchev–Trinajstić information content (AvgIpc) is 2.40. The third-order valence-corrected chi connectivity index (χ3v) is 2.87. The van der Waals surface area contributed by atoms with Gasteiger partial charge in [-0.25, -0.2) is 0 Å². The zero-order chi connectivity index (χ0) is 11.9. The first kappa shape index (κ1) is 12.0. The Labute approximate surface area is 108 Å². The van der Waals surface area contributed by atoms with E-state index < -0.39 is 0 Å². The molecule has 86 valence electrons. The SMILES string of the molecule is SCCc1ccc(/C=C/c2ccccc2)cc1. The highest BCUT2D eigenvalue weighted by molar-refractivity contribution is 7.80. The van der Waals surface area contributed by atoms with Gasteiger partial charge in [-0.3, -0.25) is 0 Å². The molecule has 0 aliphatic heterocycles. The van der Waals surface area contributed by atoms with Gasteiger partial charge in [-0.05, 0) is 28.9 Å². The molecule has 0 fully saturated rings. The van der Waals surface area contributed by atoms with Gasteiger partial charge in [0.05, 0.1) is 0 Å². The number of thiol groups is 1. The molecule has 0 spiro atoms. The van der Waals surface area contributed by atoms with E-state index in [0.29, 0.717) is 0 Å². The van der Waals surface area contributed by atoms with Gasteiger partial charge in [-0.15, -0.1) is 0 Å². The van der Waals surface area contributed by atoms with E-state index in [1.807, 2.05) is 6.07 Å². The zero-order valence-electron chi connectivity index (χ0n) is 9.71. The van der Waals surface area contributed by atoms with Crippen LogP contribution in [0.5, 0.6) is 0 Å². The summed E-state index contributed by atoms with van der Waals surface area (Å²) in [4.78, 5) is 0. The molecule has 0 amide bonds. The van der Waals surface area contributed by atoms with E-state index in [1.54, 1.807) is 0 Å². The second-order valence-electron chi connectivity index (χ2n) is 3.96. The van der Waals surface area contributed by atoms with Crippen LogP contribution in [0.2, 0.25) is 0 Å². The van der Waals surface area contributed by atoms with Crippen LogP contribution in [0.3, 0.4) is 0 Å². The molecule has 0 saturated carbocycles. The van der Waals surface area contributed by atoms with Crippen LogP contribution in [-0.4, -0.2) is 5.75 Å². The van der Waals surface area contributed by atoms with E-state index in [-0.39, 0.29) is 0 Å². The van der Waals surface area contributed by atoms with Gasteiger partial charge in [0.25, 0.3) is 0 Å². The van der Waals surface area contributed by atoms with Crippen molar-refractivity contribution in [2.75, 3.05) is 5.75 Å². The normalized spacial score (nSPS) is 10.9. The maximum Gasteiger partial charge on any atom is -0.00574 e. The fraction of sp³-hybridized carbons (Fsp3) is 0.125. The number of hydrogen-bond acceptors (Lipinski definition) is 1. The maximum atomic E-state index is 4.23. The molecular formula is C16H16S. The lowest BCUT2D eigenvalue weighted by atomic mass is 10.1. The van der Waals surface area contributed by atoms with E-state index in [0.717, 1.165) is 12.2 Å². The Morgan fingerprint density at radius 3 is 1.94 bits per heavy atom. The second kappa shape index (κ2) is 6.31. The number of benzene rings is 2. The molecule has 1 heteroatoms. The Morgan fingerprint density at radius 2 is 1.35 bits per heavy atom. The van der Waals surface area contributed by atoms with Crippen LogP contribution in [0.25, 0.3) is 12.2 Å². The van der Waals surface area contributed by atoms with Gasteiger partial charge in [-0.1, -0.05) is 66.7 Å². The molecule has 0 aliphatic rings. The first-order valence-electron chi connectivity index (χ1n) is 5.81.